The van der Waals surface area contributed by atoms with Crippen molar-refractivity contribution in [3.63, 3.8) is 0 Å². The van der Waals surface area contributed by atoms with Gasteiger partial charge >= 0.3 is 0 Å². The van der Waals surface area contributed by atoms with E-state index in [2.05, 4.69) is 5.32 Å². The zero-order chi connectivity index (χ0) is 26.1. The standard InChI is InChI=1S/C30H35FN2O2S/c1-22-12-8-9-15-24(22)19-33(28(34)21-36-20-25-16-10-11-17-26(25)31)27(29(35)32-30(2,3)4)18-23-13-6-5-7-14-23/h5-17,27H,18-21H2,1-4H3,(H,32,35)/t27-/m1/s1. The molecule has 0 aliphatic heterocycles. The van der Waals surface area contributed by atoms with Crippen LogP contribution in [0.15, 0.2) is 78.9 Å². The minimum atomic E-state index is -0.687. The summed E-state index contributed by atoms with van der Waals surface area (Å²) in [5, 5.41) is 3.08. The maximum Gasteiger partial charge on any atom is 0.243 e. The van der Waals surface area contributed by atoms with Crippen molar-refractivity contribution in [3.8, 4) is 0 Å². The molecule has 6 heteroatoms. The van der Waals surface area contributed by atoms with Crippen molar-refractivity contribution in [1.29, 1.82) is 0 Å². The summed E-state index contributed by atoms with van der Waals surface area (Å²) in [6.45, 7) is 8.12. The molecular formula is C30H35FN2O2S. The van der Waals surface area contributed by atoms with Gasteiger partial charge in [-0.2, -0.15) is 0 Å². The summed E-state index contributed by atoms with van der Waals surface area (Å²) in [6.07, 6.45) is 0.401. The number of halogens is 1. The first-order chi connectivity index (χ1) is 17.1. The normalized spacial score (nSPS) is 12.1. The highest BCUT2D eigenvalue weighted by atomic mass is 32.2. The fraction of sp³-hybridized carbons (Fsp3) is 0.333. The Morgan fingerprint density at radius 2 is 1.53 bits per heavy atom. The molecule has 3 aromatic carbocycles. The van der Waals surface area contributed by atoms with Gasteiger partial charge in [0.05, 0.1) is 5.75 Å². The zero-order valence-electron chi connectivity index (χ0n) is 21.5. The molecule has 0 aromatic heterocycles. The van der Waals surface area contributed by atoms with Crippen LogP contribution in [0.25, 0.3) is 0 Å². The molecular weight excluding hydrogens is 471 g/mol. The summed E-state index contributed by atoms with van der Waals surface area (Å²) in [4.78, 5) is 28.9. The molecule has 0 unspecified atom stereocenters. The molecule has 0 fully saturated rings. The Bertz CT molecular complexity index is 1160. The van der Waals surface area contributed by atoms with E-state index >= 15 is 0 Å². The Balaban J connectivity index is 1.89. The third-order valence-electron chi connectivity index (χ3n) is 5.81. The van der Waals surface area contributed by atoms with Crippen LogP contribution < -0.4 is 5.32 Å². The summed E-state index contributed by atoms with van der Waals surface area (Å²) in [6, 6.07) is 23.6. The lowest BCUT2D eigenvalue weighted by Gasteiger charge is -2.34. The zero-order valence-corrected chi connectivity index (χ0v) is 22.3. The van der Waals surface area contributed by atoms with Crippen LogP contribution in [0.1, 0.15) is 43.0 Å². The second-order valence-corrected chi connectivity index (χ2v) is 11.0. The van der Waals surface area contributed by atoms with E-state index in [4.69, 9.17) is 0 Å². The lowest BCUT2D eigenvalue weighted by molar-refractivity contribution is -0.140. The Morgan fingerprint density at radius 3 is 2.17 bits per heavy atom. The molecule has 3 rings (SSSR count). The van der Waals surface area contributed by atoms with Gasteiger partial charge in [0.2, 0.25) is 11.8 Å². The number of carbonyl (C=O) groups is 2. The number of hydrogen-bond donors (Lipinski definition) is 1. The highest BCUT2D eigenvalue weighted by molar-refractivity contribution is 7.99. The van der Waals surface area contributed by atoms with E-state index in [1.807, 2.05) is 82.3 Å². The molecule has 0 aliphatic rings. The molecule has 0 saturated carbocycles. The summed E-state index contributed by atoms with van der Waals surface area (Å²) in [7, 11) is 0. The van der Waals surface area contributed by atoms with Gasteiger partial charge in [0.25, 0.3) is 0 Å². The van der Waals surface area contributed by atoms with Gasteiger partial charge in [-0.15, -0.1) is 11.8 Å². The van der Waals surface area contributed by atoms with E-state index in [-0.39, 0.29) is 23.4 Å². The first-order valence-electron chi connectivity index (χ1n) is 12.1. The van der Waals surface area contributed by atoms with E-state index in [0.29, 0.717) is 24.3 Å². The van der Waals surface area contributed by atoms with Gasteiger partial charge in [-0.25, -0.2) is 4.39 Å². The van der Waals surface area contributed by atoms with E-state index in [1.54, 1.807) is 23.1 Å². The number of thioether (sulfide) groups is 1. The predicted octanol–water partition coefficient (Wildman–Crippen LogP) is 5.92. The summed E-state index contributed by atoms with van der Waals surface area (Å²) in [5.74, 6) is -0.0830. The number of aryl methyl sites for hydroxylation is 1. The number of benzene rings is 3. The van der Waals surface area contributed by atoms with Gasteiger partial charge in [0, 0.05) is 24.3 Å². The summed E-state index contributed by atoms with van der Waals surface area (Å²) >= 11 is 1.36. The smallest absolute Gasteiger partial charge is 0.243 e. The van der Waals surface area contributed by atoms with Crippen LogP contribution in [0.4, 0.5) is 4.39 Å². The fourth-order valence-corrected chi connectivity index (χ4v) is 4.82. The van der Waals surface area contributed by atoms with Crippen molar-refractivity contribution in [2.75, 3.05) is 5.75 Å². The van der Waals surface area contributed by atoms with Gasteiger partial charge in [-0.1, -0.05) is 72.8 Å². The quantitative estimate of drug-likeness (QED) is 0.371. The first kappa shape index (κ1) is 27.5. The minimum Gasteiger partial charge on any atom is -0.350 e. The summed E-state index contributed by atoms with van der Waals surface area (Å²) in [5.41, 5.74) is 3.15. The Kier molecular flexibility index (Phi) is 9.71. The van der Waals surface area contributed by atoms with Crippen LogP contribution in [0.5, 0.6) is 0 Å². The lowest BCUT2D eigenvalue weighted by Crippen LogP contribution is -2.54. The van der Waals surface area contributed by atoms with Gasteiger partial charge in [-0.3, -0.25) is 9.59 Å². The lowest BCUT2D eigenvalue weighted by atomic mass is 10.00. The summed E-state index contributed by atoms with van der Waals surface area (Å²) < 4.78 is 14.1. The van der Waals surface area contributed by atoms with E-state index < -0.39 is 11.6 Å². The molecule has 1 atom stereocenters. The largest absolute Gasteiger partial charge is 0.350 e. The van der Waals surface area contributed by atoms with Gasteiger partial charge in [0.15, 0.2) is 0 Å². The number of rotatable bonds is 10. The van der Waals surface area contributed by atoms with Crippen molar-refractivity contribution >= 4 is 23.6 Å². The highest BCUT2D eigenvalue weighted by Gasteiger charge is 2.32. The molecule has 0 saturated heterocycles. The van der Waals surface area contributed by atoms with E-state index in [9.17, 15) is 14.0 Å². The Hall–Kier alpha value is -3.12. The van der Waals surface area contributed by atoms with Crippen LogP contribution in [0.2, 0.25) is 0 Å². The molecule has 0 aliphatic carbocycles. The molecule has 0 radical (unpaired) electrons. The third-order valence-corrected chi connectivity index (χ3v) is 6.78. The molecule has 190 valence electrons. The first-order valence-corrected chi connectivity index (χ1v) is 13.3. The maximum atomic E-state index is 14.1. The second-order valence-electron chi connectivity index (χ2n) is 9.98. The van der Waals surface area contributed by atoms with Crippen molar-refractivity contribution < 1.29 is 14.0 Å². The molecule has 4 nitrogen and oxygen atoms in total. The Morgan fingerprint density at radius 1 is 0.917 bits per heavy atom. The van der Waals surface area contributed by atoms with Crippen LogP contribution in [-0.2, 0) is 28.3 Å². The number of carbonyl (C=O) groups excluding carboxylic acids is 2. The van der Waals surface area contributed by atoms with E-state index in [0.717, 1.165) is 16.7 Å². The van der Waals surface area contributed by atoms with Crippen LogP contribution in [0.3, 0.4) is 0 Å². The molecule has 36 heavy (non-hydrogen) atoms. The predicted molar refractivity (Wildman–Crippen MR) is 146 cm³/mol. The average Bonchev–Trinajstić information content (AvgIpc) is 2.83. The van der Waals surface area contributed by atoms with Crippen LogP contribution >= 0.6 is 11.8 Å². The van der Waals surface area contributed by atoms with Crippen molar-refractivity contribution in [3.05, 3.63) is 107 Å². The van der Waals surface area contributed by atoms with Crippen molar-refractivity contribution in [2.45, 2.75) is 58.0 Å². The number of nitrogens with zero attached hydrogens (tertiary/aromatic N) is 1. The molecule has 1 N–H and O–H groups in total. The highest BCUT2D eigenvalue weighted by Crippen LogP contribution is 2.21. The molecule has 0 bridgehead atoms. The molecule has 2 amide bonds. The second kappa shape index (κ2) is 12.7. The number of amides is 2. The third kappa shape index (κ3) is 8.23. The fourth-order valence-electron chi connectivity index (χ4n) is 3.92. The number of hydrogen-bond acceptors (Lipinski definition) is 3. The van der Waals surface area contributed by atoms with Crippen molar-refractivity contribution in [1.82, 2.24) is 10.2 Å². The maximum absolute atomic E-state index is 14.1. The topological polar surface area (TPSA) is 49.4 Å². The van der Waals surface area contributed by atoms with Gasteiger partial charge < -0.3 is 10.2 Å². The monoisotopic (exact) mass is 506 g/mol. The molecule has 3 aromatic rings. The van der Waals surface area contributed by atoms with Crippen LogP contribution in [0, 0.1) is 12.7 Å². The van der Waals surface area contributed by atoms with Gasteiger partial charge in [-0.05, 0) is 56.0 Å². The Labute approximate surface area is 218 Å². The number of nitrogens with one attached hydrogen (secondary N) is 1. The van der Waals surface area contributed by atoms with E-state index in [1.165, 1.54) is 17.8 Å². The van der Waals surface area contributed by atoms with Crippen molar-refractivity contribution in [2.24, 2.45) is 0 Å². The molecule has 0 heterocycles. The average molecular weight is 507 g/mol. The molecule has 0 spiro atoms. The van der Waals surface area contributed by atoms with Crippen LogP contribution in [-0.4, -0.2) is 34.0 Å². The van der Waals surface area contributed by atoms with Gasteiger partial charge in [0.1, 0.15) is 11.9 Å². The minimum absolute atomic E-state index is 0.147. The SMILES string of the molecule is Cc1ccccc1CN(C(=O)CSCc1ccccc1F)[C@H](Cc1ccccc1)C(=O)NC(C)(C)C.